The molecule has 2 N–H and O–H groups in total. The average Bonchev–Trinajstić information content (AvgIpc) is 2.60. The molecule has 0 spiro atoms. The number of carbonyl (C=O) groups excluding carboxylic acids is 2. The van der Waals surface area contributed by atoms with Crippen LogP contribution >= 0.6 is 0 Å². The molecule has 0 saturated carbocycles. The fraction of sp³-hybridized carbons (Fsp3) is 0.769. The van der Waals surface area contributed by atoms with Gasteiger partial charge in [-0.2, -0.15) is 0 Å². The Kier molecular flexibility index (Phi) is 5.79. The highest BCUT2D eigenvalue weighted by Gasteiger charge is 2.27. The summed E-state index contributed by atoms with van der Waals surface area (Å²) in [6.07, 6.45) is 0.701. The Morgan fingerprint density at radius 3 is 2.10 bits per heavy atom. The first-order valence-corrected chi connectivity index (χ1v) is 6.86. The van der Waals surface area contributed by atoms with Crippen LogP contribution in [0.5, 0.6) is 0 Å². The SMILES string of the molecule is CC(=O)N1CCCN(C(=O)N[C@@H](C(=O)O)C(C)C)CC1. The number of hydrogen-bond donors (Lipinski definition) is 2. The molecular weight excluding hydrogens is 262 g/mol. The minimum Gasteiger partial charge on any atom is -0.480 e. The molecular formula is C13H23N3O4. The zero-order valence-corrected chi connectivity index (χ0v) is 12.3. The van der Waals surface area contributed by atoms with Crippen LogP contribution in [0.25, 0.3) is 0 Å². The molecule has 0 aromatic rings. The summed E-state index contributed by atoms with van der Waals surface area (Å²) in [6, 6.07) is -1.27. The van der Waals surface area contributed by atoms with E-state index in [0.29, 0.717) is 32.6 Å². The van der Waals surface area contributed by atoms with Crippen LogP contribution in [0.4, 0.5) is 4.79 Å². The maximum Gasteiger partial charge on any atom is 0.326 e. The van der Waals surface area contributed by atoms with Gasteiger partial charge in [0.25, 0.3) is 0 Å². The van der Waals surface area contributed by atoms with E-state index in [-0.39, 0.29) is 17.9 Å². The van der Waals surface area contributed by atoms with Gasteiger partial charge in [-0.3, -0.25) is 4.79 Å². The van der Waals surface area contributed by atoms with Crippen LogP contribution in [0, 0.1) is 5.92 Å². The number of rotatable bonds is 3. The van der Waals surface area contributed by atoms with Crippen molar-refractivity contribution >= 4 is 17.9 Å². The number of nitrogens with zero attached hydrogens (tertiary/aromatic N) is 2. The van der Waals surface area contributed by atoms with Crippen molar-refractivity contribution in [2.75, 3.05) is 26.2 Å². The minimum absolute atomic E-state index is 0.00199. The number of carbonyl (C=O) groups is 3. The number of hydrogen-bond acceptors (Lipinski definition) is 3. The largest absolute Gasteiger partial charge is 0.480 e. The second-order valence-corrected chi connectivity index (χ2v) is 5.36. The molecule has 7 heteroatoms. The average molecular weight is 285 g/mol. The topological polar surface area (TPSA) is 90.0 Å². The number of amides is 3. The van der Waals surface area contributed by atoms with Crippen LogP contribution in [0.3, 0.4) is 0 Å². The van der Waals surface area contributed by atoms with Gasteiger partial charge in [0, 0.05) is 33.1 Å². The predicted molar refractivity (Wildman–Crippen MR) is 73.2 cm³/mol. The highest BCUT2D eigenvalue weighted by Crippen LogP contribution is 2.06. The van der Waals surface area contributed by atoms with Gasteiger partial charge < -0.3 is 20.2 Å². The Morgan fingerprint density at radius 1 is 1.05 bits per heavy atom. The molecule has 3 amide bonds. The highest BCUT2D eigenvalue weighted by atomic mass is 16.4. The first kappa shape index (κ1) is 16.3. The first-order valence-electron chi connectivity index (χ1n) is 6.86. The van der Waals surface area contributed by atoms with Crippen molar-refractivity contribution in [1.82, 2.24) is 15.1 Å². The lowest BCUT2D eigenvalue weighted by Gasteiger charge is -2.25. The molecule has 1 saturated heterocycles. The normalized spacial score (nSPS) is 17.6. The lowest BCUT2D eigenvalue weighted by atomic mass is 10.1. The van der Waals surface area contributed by atoms with Crippen molar-refractivity contribution in [1.29, 1.82) is 0 Å². The summed E-state index contributed by atoms with van der Waals surface area (Å²) in [5.41, 5.74) is 0. The Morgan fingerprint density at radius 2 is 1.60 bits per heavy atom. The molecule has 114 valence electrons. The van der Waals surface area contributed by atoms with Crippen molar-refractivity contribution in [3.8, 4) is 0 Å². The Balaban J connectivity index is 2.59. The van der Waals surface area contributed by atoms with E-state index < -0.39 is 12.0 Å². The summed E-state index contributed by atoms with van der Waals surface area (Å²) < 4.78 is 0. The molecule has 0 bridgehead atoms. The van der Waals surface area contributed by atoms with Gasteiger partial charge in [0.2, 0.25) is 5.91 Å². The molecule has 1 fully saturated rings. The second kappa shape index (κ2) is 7.12. The first-order chi connectivity index (χ1) is 9.32. The summed E-state index contributed by atoms with van der Waals surface area (Å²) >= 11 is 0. The van der Waals surface area contributed by atoms with Crippen molar-refractivity contribution in [3.05, 3.63) is 0 Å². The summed E-state index contributed by atoms with van der Waals surface area (Å²) in [4.78, 5) is 37.8. The number of aliphatic carboxylic acids is 1. The number of urea groups is 1. The lowest BCUT2D eigenvalue weighted by molar-refractivity contribution is -0.140. The van der Waals surface area contributed by atoms with Crippen LogP contribution in [-0.4, -0.2) is 65.0 Å². The van der Waals surface area contributed by atoms with Crippen molar-refractivity contribution in [2.24, 2.45) is 5.92 Å². The van der Waals surface area contributed by atoms with Crippen LogP contribution < -0.4 is 5.32 Å². The molecule has 1 atom stereocenters. The molecule has 0 aromatic heterocycles. The molecule has 1 rings (SSSR count). The standard InChI is InChI=1S/C13H23N3O4/c1-9(2)11(12(18)19)14-13(20)16-6-4-5-15(7-8-16)10(3)17/h9,11H,4-8H2,1-3H3,(H,14,20)(H,18,19)/t11-/m1/s1. The lowest BCUT2D eigenvalue weighted by Crippen LogP contribution is -2.51. The molecule has 1 aliphatic heterocycles. The third-order valence-corrected chi connectivity index (χ3v) is 3.44. The van der Waals surface area contributed by atoms with Gasteiger partial charge >= 0.3 is 12.0 Å². The van der Waals surface area contributed by atoms with Gasteiger partial charge in [0.1, 0.15) is 6.04 Å². The van der Waals surface area contributed by atoms with Crippen molar-refractivity contribution < 1.29 is 19.5 Å². The highest BCUT2D eigenvalue weighted by molar-refractivity contribution is 5.82. The Hall–Kier alpha value is -1.79. The van der Waals surface area contributed by atoms with Gasteiger partial charge in [-0.15, -0.1) is 0 Å². The van der Waals surface area contributed by atoms with E-state index in [9.17, 15) is 14.4 Å². The number of carboxylic acid groups (broad SMARTS) is 1. The van der Waals surface area contributed by atoms with Crippen LogP contribution in [0.2, 0.25) is 0 Å². The van der Waals surface area contributed by atoms with E-state index in [4.69, 9.17) is 5.11 Å². The maximum absolute atomic E-state index is 12.1. The quantitative estimate of drug-likeness (QED) is 0.783. The molecule has 0 radical (unpaired) electrons. The van der Waals surface area contributed by atoms with Crippen LogP contribution in [0.15, 0.2) is 0 Å². The fourth-order valence-electron chi connectivity index (χ4n) is 2.17. The van der Waals surface area contributed by atoms with Crippen LogP contribution in [-0.2, 0) is 9.59 Å². The Bertz CT molecular complexity index is 384. The molecule has 1 heterocycles. The van der Waals surface area contributed by atoms with Crippen LogP contribution in [0.1, 0.15) is 27.2 Å². The minimum atomic E-state index is -1.03. The number of nitrogens with one attached hydrogen (secondary N) is 1. The van der Waals surface area contributed by atoms with E-state index in [1.807, 2.05) is 0 Å². The summed E-state index contributed by atoms with van der Waals surface area (Å²) in [7, 11) is 0. The molecule has 7 nitrogen and oxygen atoms in total. The third kappa shape index (κ3) is 4.40. The molecule has 0 aliphatic carbocycles. The molecule has 0 unspecified atom stereocenters. The molecule has 1 aliphatic rings. The van der Waals surface area contributed by atoms with Crippen molar-refractivity contribution in [2.45, 2.75) is 33.2 Å². The van der Waals surface area contributed by atoms with E-state index in [1.54, 1.807) is 23.6 Å². The fourth-order valence-corrected chi connectivity index (χ4v) is 2.17. The Labute approximate surface area is 118 Å². The van der Waals surface area contributed by atoms with Crippen molar-refractivity contribution in [3.63, 3.8) is 0 Å². The predicted octanol–water partition coefficient (Wildman–Crippen LogP) is 0.359. The van der Waals surface area contributed by atoms with Gasteiger partial charge in [0.05, 0.1) is 0 Å². The maximum atomic E-state index is 12.1. The van der Waals surface area contributed by atoms with E-state index in [0.717, 1.165) is 0 Å². The molecule has 20 heavy (non-hydrogen) atoms. The van der Waals surface area contributed by atoms with E-state index >= 15 is 0 Å². The number of carboxylic acids is 1. The summed E-state index contributed by atoms with van der Waals surface area (Å²) in [5, 5.41) is 11.6. The van der Waals surface area contributed by atoms with E-state index in [2.05, 4.69) is 5.32 Å². The molecule has 0 aromatic carbocycles. The second-order valence-electron chi connectivity index (χ2n) is 5.36. The zero-order valence-electron chi connectivity index (χ0n) is 12.3. The summed E-state index contributed by atoms with van der Waals surface area (Å²) in [5.74, 6) is -1.22. The third-order valence-electron chi connectivity index (χ3n) is 3.44. The zero-order chi connectivity index (χ0) is 15.3. The van der Waals surface area contributed by atoms with E-state index in [1.165, 1.54) is 6.92 Å². The van der Waals surface area contributed by atoms with Gasteiger partial charge in [-0.25, -0.2) is 9.59 Å². The van der Waals surface area contributed by atoms with Gasteiger partial charge in [-0.05, 0) is 12.3 Å². The van der Waals surface area contributed by atoms with Gasteiger partial charge in [0.15, 0.2) is 0 Å². The van der Waals surface area contributed by atoms with Gasteiger partial charge in [-0.1, -0.05) is 13.8 Å². The smallest absolute Gasteiger partial charge is 0.326 e. The monoisotopic (exact) mass is 285 g/mol. The summed E-state index contributed by atoms with van der Waals surface area (Å²) in [6.45, 7) is 7.08.